The molecule has 1 aromatic rings. The Labute approximate surface area is 189 Å². The Morgan fingerprint density at radius 2 is 1.36 bits per heavy atom. The predicted octanol–water partition coefficient (Wildman–Crippen LogP) is -2.66. The van der Waals surface area contributed by atoms with Crippen molar-refractivity contribution in [3.63, 3.8) is 0 Å². The first-order valence-corrected chi connectivity index (χ1v) is 9.93. The number of hydrogen-bond donors (Lipinski definition) is 7. The Bertz CT molecular complexity index is 861. The molecule has 13 nitrogen and oxygen atoms in total. The van der Waals surface area contributed by atoms with Gasteiger partial charge in [0.25, 0.3) is 0 Å². The second-order valence-electron chi connectivity index (χ2n) is 6.95. The van der Waals surface area contributed by atoms with Crippen molar-refractivity contribution in [3.8, 4) is 0 Å². The minimum absolute atomic E-state index is 0.201. The summed E-state index contributed by atoms with van der Waals surface area (Å²) in [7, 11) is 0. The van der Waals surface area contributed by atoms with Crippen LogP contribution in [-0.4, -0.2) is 77.5 Å². The molecule has 0 aliphatic carbocycles. The van der Waals surface area contributed by atoms with Crippen LogP contribution in [0.2, 0.25) is 0 Å². The number of hydrogen-bond acceptors (Lipinski definition) is 7. The highest BCUT2D eigenvalue weighted by molar-refractivity contribution is 5.93. The van der Waals surface area contributed by atoms with Crippen LogP contribution in [0.25, 0.3) is 0 Å². The van der Waals surface area contributed by atoms with E-state index in [4.69, 9.17) is 15.9 Å². The van der Waals surface area contributed by atoms with E-state index in [9.17, 15) is 28.8 Å². The number of aliphatic carboxylic acids is 2. The molecule has 1 rings (SSSR count). The smallest absolute Gasteiger partial charge is 0.322 e. The summed E-state index contributed by atoms with van der Waals surface area (Å²) in [6, 6.07) is 6.69. The number of rotatable bonds is 14. The summed E-state index contributed by atoms with van der Waals surface area (Å²) in [4.78, 5) is 69.2. The quantitative estimate of drug-likeness (QED) is 0.152. The Balaban J connectivity index is 2.57. The van der Waals surface area contributed by atoms with E-state index in [2.05, 4.69) is 16.0 Å². The summed E-state index contributed by atoms with van der Waals surface area (Å²) < 4.78 is 0. The lowest BCUT2D eigenvalue weighted by atomic mass is 10.0. The van der Waals surface area contributed by atoms with Gasteiger partial charge < -0.3 is 37.2 Å². The van der Waals surface area contributed by atoms with Gasteiger partial charge in [-0.1, -0.05) is 30.3 Å². The van der Waals surface area contributed by atoms with E-state index in [1.807, 2.05) is 5.32 Å². The average Bonchev–Trinajstić information content (AvgIpc) is 2.77. The zero-order valence-electron chi connectivity index (χ0n) is 17.7. The van der Waals surface area contributed by atoms with Crippen molar-refractivity contribution in [3.05, 3.63) is 35.9 Å². The molecule has 2 atom stereocenters. The van der Waals surface area contributed by atoms with Crippen LogP contribution in [0, 0.1) is 0 Å². The number of carboxylic acid groups (broad SMARTS) is 2. The van der Waals surface area contributed by atoms with Gasteiger partial charge in [-0.15, -0.1) is 0 Å². The van der Waals surface area contributed by atoms with Gasteiger partial charge in [-0.2, -0.15) is 0 Å². The molecule has 8 N–H and O–H groups in total. The molecule has 4 amide bonds. The number of benzene rings is 1. The van der Waals surface area contributed by atoms with E-state index in [1.54, 1.807) is 30.3 Å². The van der Waals surface area contributed by atoms with Gasteiger partial charge in [0.1, 0.15) is 12.6 Å². The van der Waals surface area contributed by atoms with Crippen LogP contribution in [0.15, 0.2) is 30.3 Å². The summed E-state index contributed by atoms with van der Waals surface area (Å²) in [5, 5.41) is 26.2. The van der Waals surface area contributed by atoms with Crippen LogP contribution >= 0.6 is 0 Å². The first kappa shape index (κ1) is 27.0. The van der Waals surface area contributed by atoms with Gasteiger partial charge in [0.2, 0.25) is 23.6 Å². The maximum absolute atomic E-state index is 12.4. The Morgan fingerprint density at radius 3 is 1.94 bits per heavy atom. The highest BCUT2D eigenvalue weighted by atomic mass is 16.4. The highest BCUT2D eigenvalue weighted by Crippen LogP contribution is 2.04. The number of nitrogens with one attached hydrogen (secondary N) is 4. The van der Waals surface area contributed by atoms with Crippen molar-refractivity contribution in [2.45, 2.75) is 31.3 Å². The lowest BCUT2D eigenvalue weighted by Crippen LogP contribution is -2.53. The van der Waals surface area contributed by atoms with E-state index in [0.29, 0.717) is 0 Å². The number of carboxylic acids is 2. The van der Waals surface area contributed by atoms with Gasteiger partial charge in [0.05, 0.1) is 19.1 Å². The molecule has 0 saturated heterocycles. The van der Waals surface area contributed by atoms with Crippen molar-refractivity contribution in [2.75, 3.05) is 19.6 Å². The largest absolute Gasteiger partial charge is 0.481 e. The van der Waals surface area contributed by atoms with Gasteiger partial charge in [0, 0.05) is 6.42 Å². The Morgan fingerprint density at radius 1 is 0.788 bits per heavy atom. The first-order valence-electron chi connectivity index (χ1n) is 9.93. The van der Waals surface area contributed by atoms with E-state index in [-0.39, 0.29) is 12.8 Å². The number of carbonyl (C=O) groups excluding carboxylic acids is 4. The molecule has 0 saturated carbocycles. The molecule has 13 heteroatoms. The molecule has 0 fully saturated rings. The molecular weight excluding hydrogens is 438 g/mol. The van der Waals surface area contributed by atoms with Crippen molar-refractivity contribution in [1.82, 2.24) is 21.3 Å². The fraction of sp³-hybridized carbons (Fsp3) is 0.400. The van der Waals surface area contributed by atoms with Gasteiger partial charge >= 0.3 is 11.9 Å². The molecule has 0 bridgehead atoms. The highest BCUT2D eigenvalue weighted by Gasteiger charge is 2.25. The SMILES string of the molecule is N[C@@H](Cc1ccccc1)C(=O)N[C@@H](CCC(=O)O)C(=O)NCC(=O)NCC(=O)NCC(=O)O. The molecule has 0 aliphatic heterocycles. The van der Waals surface area contributed by atoms with Gasteiger partial charge in [0.15, 0.2) is 0 Å². The normalized spacial score (nSPS) is 12.0. The van der Waals surface area contributed by atoms with Crippen molar-refractivity contribution < 1.29 is 39.0 Å². The van der Waals surface area contributed by atoms with Crippen LogP contribution < -0.4 is 27.0 Å². The average molecular weight is 465 g/mol. The zero-order valence-corrected chi connectivity index (χ0v) is 17.7. The van der Waals surface area contributed by atoms with E-state index in [0.717, 1.165) is 5.56 Å². The summed E-state index contributed by atoms with van der Waals surface area (Å²) >= 11 is 0. The van der Waals surface area contributed by atoms with Crippen molar-refractivity contribution in [1.29, 1.82) is 0 Å². The van der Waals surface area contributed by atoms with Crippen LogP contribution in [0.4, 0.5) is 0 Å². The van der Waals surface area contributed by atoms with E-state index >= 15 is 0 Å². The molecule has 0 unspecified atom stereocenters. The van der Waals surface area contributed by atoms with Crippen LogP contribution in [0.1, 0.15) is 18.4 Å². The third-order valence-electron chi connectivity index (χ3n) is 4.22. The van der Waals surface area contributed by atoms with Gasteiger partial charge in [-0.25, -0.2) is 0 Å². The molecule has 0 aromatic heterocycles. The molecule has 33 heavy (non-hydrogen) atoms. The standard InChI is InChI=1S/C20H27N5O8/c21-13(8-12-4-2-1-3-5-12)19(32)25-14(6-7-17(28)29)20(33)24-10-16(27)22-9-15(26)23-11-18(30)31/h1-5,13-14H,6-11,21H2,(H,22,27)(H,23,26)(H,24,33)(H,25,32)(H,28,29)(H,30,31)/t13-,14-/m0/s1. The first-order chi connectivity index (χ1) is 15.6. The summed E-state index contributed by atoms with van der Waals surface area (Å²) in [5.41, 5.74) is 6.69. The maximum Gasteiger partial charge on any atom is 0.322 e. The fourth-order valence-electron chi connectivity index (χ4n) is 2.54. The second kappa shape index (κ2) is 14.1. The summed E-state index contributed by atoms with van der Waals surface area (Å²) in [5.74, 6) is -5.39. The Kier molecular flexibility index (Phi) is 11.6. The van der Waals surface area contributed by atoms with Crippen LogP contribution in [0.3, 0.4) is 0 Å². The molecule has 0 aliphatic rings. The number of carbonyl (C=O) groups is 6. The predicted molar refractivity (Wildman–Crippen MR) is 114 cm³/mol. The second-order valence-corrected chi connectivity index (χ2v) is 6.95. The molecular formula is C20H27N5O8. The Hall–Kier alpha value is -4.00. The van der Waals surface area contributed by atoms with Gasteiger partial charge in [-0.05, 0) is 18.4 Å². The van der Waals surface area contributed by atoms with Gasteiger partial charge in [-0.3, -0.25) is 28.8 Å². The minimum atomic E-state index is -1.25. The number of amides is 4. The van der Waals surface area contributed by atoms with Crippen LogP contribution in [-0.2, 0) is 35.2 Å². The van der Waals surface area contributed by atoms with Crippen molar-refractivity contribution >= 4 is 35.6 Å². The monoisotopic (exact) mass is 465 g/mol. The zero-order chi connectivity index (χ0) is 24.8. The third-order valence-corrected chi connectivity index (χ3v) is 4.22. The molecule has 180 valence electrons. The van der Waals surface area contributed by atoms with E-state index < -0.39 is 73.7 Å². The lowest BCUT2D eigenvalue weighted by Gasteiger charge is -2.20. The topological polar surface area (TPSA) is 217 Å². The fourth-order valence-corrected chi connectivity index (χ4v) is 2.54. The summed E-state index contributed by atoms with van der Waals surface area (Å²) in [6.07, 6.45) is -0.446. The summed E-state index contributed by atoms with van der Waals surface area (Å²) in [6.45, 7) is -1.67. The van der Waals surface area contributed by atoms with E-state index in [1.165, 1.54) is 0 Å². The van der Waals surface area contributed by atoms with Crippen LogP contribution in [0.5, 0.6) is 0 Å². The maximum atomic E-state index is 12.4. The minimum Gasteiger partial charge on any atom is -0.481 e. The molecule has 1 aromatic carbocycles. The van der Waals surface area contributed by atoms with Crippen molar-refractivity contribution in [2.24, 2.45) is 5.73 Å². The third kappa shape index (κ3) is 11.8. The molecule has 0 heterocycles. The number of nitrogens with two attached hydrogens (primary N) is 1. The molecule has 0 radical (unpaired) electrons. The molecule has 0 spiro atoms. The lowest BCUT2D eigenvalue weighted by molar-refractivity contribution is -0.138.